The van der Waals surface area contributed by atoms with Crippen LogP contribution < -0.4 is 10.6 Å². The largest absolute Gasteiger partial charge is 0.338 e. The van der Waals surface area contributed by atoms with Crippen molar-refractivity contribution in [3.05, 3.63) is 0 Å². The lowest BCUT2D eigenvalue weighted by atomic mass is 9.92. The highest BCUT2D eigenvalue weighted by molar-refractivity contribution is 5.75. The summed E-state index contributed by atoms with van der Waals surface area (Å²) in [6, 6.07) is 2.09. The molecule has 0 aromatic heterocycles. The van der Waals surface area contributed by atoms with Gasteiger partial charge in [-0.25, -0.2) is 4.79 Å². The molecule has 1 fully saturated rings. The number of carbonyl (C=O) groups excluding carboxylic acids is 1. The van der Waals surface area contributed by atoms with E-state index in [2.05, 4.69) is 16.7 Å². The van der Waals surface area contributed by atoms with Crippen LogP contribution in [0.5, 0.6) is 0 Å². The van der Waals surface area contributed by atoms with E-state index in [1.807, 2.05) is 6.92 Å². The summed E-state index contributed by atoms with van der Waals surface area (Å²) in [4.78, 5) is 11.6. The topological polar surface area (TPSA) is 64.9 Å². The zero-order valence-corrected chi connectivity index (χ0v) is 10.0. The molecule has 0 aliphatic heterocycles. The predicted molar refractivity (Wildman–Crippen MR) is 62.9 cm³/mol. The first-order chi connectivity index (χ1) is 7.72. The first-order valence-electron chi connectivity index (χ1n) is 6.20. The summed E-state index contributed by atoms with van der Waals surface area (Å²) in [5, 5.41) is 14.9. The van der Waals surface area contributed by atoms with Crippen molar-refractivity contribution in [3.8, 4) is 6.07 Å². The molecule has 0 aromatic carbocycles. The number of hydrogen-bond donors (Lipinski definition) is 2. The maximum absolute atomic E-state index is 11.6. The number of rotatable bonds is 3. The molecule has 90 valence electrons. The molecule has 0 bridgehead atoms. The lowest BCUT2D eigenvalue weighted by Gasteiger charge is -2.26. The first-order valence-corrected chi connectivity index (χ1v) is 6.20. The Morgan fingerprint density at radius 2 is 1.94 bits per heavy atom. The number of hydrogen-bond acceptors (Lipinski definition) is 2. The minimum atomic E-state index is -0.631. The van der Waals surface area contributed by atoms with Crippen molar-refractivity contribution >= 4 is 6.03 Å². The van der Waals surface area contributed by atoms with Crippen molar-refractivity contribution in [3.63, 3.8) is 0 Å². The van der Waals surface area contributed by atoms with E-state index < -0.39 is 5.54 Å². The average molecular weight is 223 g/mol. The van der Waals surface area contributed by atoms with Gasteiger partial charge in [0.15, 0.2) is 0 Å². The fourth-order valence-electron chi connectivity index (χ4n) is 2.10. The van der Waals surface area contributed by atoms with Crippen LogP contribution in [0.4, 0.5) is 4.79 Å². The fourth-order valence-corrected chi connectivity index (χ4v) is 2.10. The lowest BCUT2D eigenvalue weighted by Crippen LogP contribution is -2.51. The molecule has 0 aromatic rings. The molecule has 1 saturated carbocycles. The third kappa shape index (κ3) is 3.73. The highest BCUT2D eigenvalue weighted by Gasteiger charge is 2.32. The third-order valence-corrected chi connectivity index (χ3v) is 3.06. The maximum Gasteiger partial charge on any atom is 0.316 e. The number of nitrogens with one attached hydrogen (secondary N) is 2. The summed E-state index contributed by atoms with van der Waals surface area (Å²) in [7, 11) is 0. The molecule has 16 heavy (non-hydrogen) atoms. The van der Waals surface area contributed by atoms with Crippen molar-refractivity contribution < 1.29 is 4.79 Å². The van der Waals surface area contributed by atoms with Crippen LogP contribution >= 0.6 is 0 Å². The molecule has 4 heteroatoms. The molecule has 1 aliphatic carbocycles. The summed E-state index contributed by atoms with van der Waals surface area (Å²) in [6.07, 6.45) is 6.87. The zero-order chi connectivity index (χ0) is 11.9. The lowest BCUT2D eigenvalue weighted by molar-refractivity contribution is 0.229. The Labute approximate surface area is 97.4 Å². The van der Waals surface area contributed by atoms with E-state index in [0.29, 0.717) is 6.54 Å². The molecule has 0 saturated heterocycles. The standard InChI is InChI=1S/C12H21N3O/c1-2-9-14-11(16)15-12(10-13)7-5-3-4-6-8-12/h2-9H2,1H3,(H2,14,15,16). The van der Waals surface area contributed by atoms with Gasteiger partial charge >= 0.3 is 6.03 Å². The highest BCUT2D eigenvalue weighted by atomic mass is 16.2. The highest BCUT2D eigenvalue weighted by Crippen LogP contribution is 2.26. The SMILES string of the molecule is CCCNC(=O)NC1(C#N)CCCCCC1. The van der Waals surface area contributed by atoms with Crippen LogP contribution in [0.15, 0.2) is 0 Å². The van der Waals surface area contributed by atoms with Gasteiger partial charge in [0.05, 0.1) is 6.07 Å². The van der Waals surface area contributed by atoms with Crippen LogP contribution in [0.3, 0.4) is 0 Å². The van der Waals surface area contributed by atoms with Crippen LogP contribution in [-0.2, 0) is 0 Å². The summed E-state index contributed by atoms with van der Waals surface area (Å²) in [5.74, 6) is 0. The van der Waals surface area contributed by atoms with E-state index >= 15 is 0 Å². The van der Waals surface area contributed by atoms with Gasteiger partial charge in [0.25, 0.3) is 0 Å². The number of urea groups is 1. The van der Waals surface area contributed by atoms with Crippen LogP contribution in [-0.4, -0.2) is 18.1 Å². The van der Waals surface area contributed by atoms with Crippen LogP contribution in [0.1, 0.15) is 51.9 Å². The van der Waals surface area contributed by atoms with Gasteiger partial charge in [-0.3, -0.25) is 0 Å². The second-order valence-electron chi connectivity index (χ2n) is 4.49. The summed E-state index contributed by atoms with van der Waals surface area (Å²) in [6.45, 7) is 2.67. The van der Waals surface area contributed by atoms with Gasteiger partial charge in [-0.1, -0.05) is 32.6 Å². The van der Waals surface area contributed by atoms with E-state index in [0.717, 1.165) is 32.1 Å². The summed E-state index contributed by atoms with van der Waals surface area (Å²) < 4.78 is 0. The summed E-state index contributed by atoms with van der Waals surface area (Å²) in [5.41, 5.74) is -0.631. The fraction of sp³-hybridized carbons (Fsp3) is 0.833. The van der Waals surface area contributed by atoms with Crippen molar-refractivity contribution in [1.82, 2.24) is 10.6 Å². The Kier molecular flexibility index (Phi) is 5.10. The molecule has 0 atom stereocenters. The Morgan fingerprint density at radius 1 is 1.31 bits per heavy atom. The second kappa shape index (κ2) is 6.37. The van der Waals surface area contributed by atoms with Crippen molar-refractivity contribution in [2.24, 2.45) is 0 Å². The third-order valence-electron chi connectivity index (χ3n) is 3.06. The van der Waals surface area contributed by atoms with Crippen LogP contribution in [0, 0.1) is 11.3 Å². The monoisotopic (exact) mass is 223 g/mol. The molecular weight excluding hydrogens is 202 g/mol. The molecule has 1 rings (SSSR count). The average Bonchev–Trinajstić information content (AvgIpc) is 2.52. The normalized spacial score (nSPS) is 19.2. The van der Waals surface area contributed by atoms with Gasteiger partial charge in [0.1, 0.15) is 5.54 Å². The van der Waals surface area contributed by atoms with Crippen molar-refractivity contribution in [2.45, 2.75) is 57.4 Å². The number of nitrogens with zero attached hydrogens (tertiary/aromatic N) is 1. The molecular formula is C12H21N3O. The number of nitriles is 1. The van der Waals surface area contributed by atoms with E-state index in [4.69, 9.17) is 0 Å². The Bertz CT molecular complexity index is 262. The van der Waals surface area contributed by atoms with Crippen LogP contribution in [0.2, 0.25) is 0 Å². The van der Waals surface area contributed by atoms with E-state index in [9.17, 15) is 10.1 Å². The quantitative estimate of drug-likeness (QED) is 0.721. The molecule has 1 aliphatic rings. The van der Waals surface area contributed by atoms with Gasteiger partial charge in [0, 0.05) is 6.54 Å². The van der Waals surface area contributed by atoms with Gasteiger partial charge in [-0.2, -0.15) is 5.26 Å². The van der Waals surface area contributed by atoms with Gasteiger partial charge in [-0.15, -0.1) is 0 Å². The zero-order valence-electron chi connectivity index (χ0n) is 10.0. The predicted octanol–water partition coefficient (Wildman–Crippen LogP) is 2.31. The van der Waals surface area contributed by atoms with Gasteiger partial charge in [-0.05, 0) is 19.3 Å². The van der Waals surface area contributed by atoms with E-state index in [1.54, 1.807) is 0 Å². The van der Waals surface area contributed by atoms with E-state index in [1.165, 1.54) is 12.8 Å². The Hall–Kier alpha value is -1.24. The Balaban J connectivity index is 2.51. The van der Waals surface area contributed by atoms with Crippen molar-refractivity contribution in [2.75, 3.05) is 6.54 Å². The Morgan fingerprint density at radius 3 is 2.44 bits per heavy atom. The maximum atomic E-state index is 11.6. The minimum Gasteiger partial charge on any atom is -0.338 e. The smallest absolute Gasteiger partial charge is 0.316 e. The molecule has 0 radical (unpaired) electrons. The molecule has 2 amide bonds. The molecule has 0 heterocycles. The van der Waals surface area contributed by atoms with Crippen LogP contribution in [0.25, 0.3) is 0 Å². The molecule has 0 spiro atoms. The second-order valence-corrected chi connectivity index (χ2v) is 4.49. The molecule has 0 unspecified atom stereocenters. The number of amides is 2. The van der Waals surface area contributed by atoms with Gasteiger partial charge in [0.2, 0.25) is 0 Å². The minimum absolute atomic E-state index is 0.203. The van der Waals surface area contributed by atoms with Gasteiger partial charge < -0.3 is 10.6 Å². The number of carbonyl (C=O) groups is 1. The summed E-state index contributed by atoms with van der Waals surface area (Å²) >= 11 is 0. The van der Waals surface area contributed by atoms with Crippen molar-refractivity contribution in [1.29, 1.82) is 5.26 Å². The van der Waals surface area contributed by atoms with E-state index in [-0.39, 0.29) is 6.03 Å². The first kappa shape index (κ1) is 12.8. The molecule has 4 nitrogen and oxygen atoms in total. The molecule has 2 N–H and O–H groups in total.